The molecule has 0 radical (unpaired) electrons. The van der Waals surface area contributed by atoms with E-state index in [2.05, 4.69) is 4.98 Å². The van der Waals surface area contributed by atoms with Gasteiger partial charge in [-0.2, -0.15) is 0 Å². The van der Waals surface area contributed by atoms with Crippen LogP contribution in [0.25, 0.3) is 11.2 Å². The molecule has 29 heavy (non-hydrogen) atoms. The third-order valence-electron chi connectivity index (χ3n) is 5.19. The van der Waals surface area contributed by atoms with Gasteiger partial charge in [0.1, 0.15) is 12.1 Å². The van der Waals surface area contributed by atoms with Crippen molar-refractivity contribution in [1.82, 2.24) is 23.6 Å². The topological polar surface area (TPSA) is 86.0 Å². The van der Waals surface area contributed by atoms with Gasteiger partial charge >= 0.3 is 5.69 Å². The first kappa shape index (κ1) is 20.5. The minimum Gasteiger partial charge on any atom is -0.339 e. The largest absolute Gasteiger partial charge is 0.339 e. The van der Waals surface area contributed by atoms with Gasteiger partial charge in [-0.15, -0.1) is 0 Å². The molecular weight excluding hydrogens is 372 g/mol. The number of amides is 1. The summed E-state index contributed by atoms with van der Waals surface area (Å²) in [7, 11) is 3.07. The zero-order valence-corrected chi connectivity index (χ0v) is 17.3. The molecule has 9 nitrogen and oxygen atoms in total. The average molecular weight is 399 g/mol. The molecule has 0 atom stereocenters. The molecular formula is C20H27N6O3+. The molecule has 3 aromatic heterocycles. The van der Waals surface area contributed by atoms with Crippen LogP contribution in [-0.2, 0) is 27.2 Å². The van der Waals surface area contributed by atoms with E-state index in [1.54, 1.807) is 22.8 Å². The van der Waals surface area contributed by atoms with Crippen LogP contribution in [0.5, 0.6) is 0 Å². The van der Waals surface area contributed by atoms with Gasteiger partial charge in [0.2, 0.25) is 0 Å². The van der Waals surface area contributed by atoms with Crippen LogP contribution in [0.15, 0.2) is 40.4 Å². The molecule has 0 N–H and O–H groups in total. The van der Waals surface area contributed by atoms with E-state index in [9.17, 15) is 14.4 Å². The summed E-state index contributed by atoms with van der Waals surface area (Å²) in [6.45, 7) is 6.54. The van der Waals surface area contributed by atoms with E-state index in [-0.39, 0.29) is 11.5 Å². The number of carbonyl (C=O) groups is 1. The second-order valence-corrected chi connectivity index (χ2v) is 6.98. The molecule has 3 aromatic rings. The lowest BCUT2D eigenvalue weighted by Crippen LogP contribution is -2.38. The van der Waals surface area contributed by atoms with Crippen LogP contribution in [0.4, 0.5) is 0 Å². The van der Waals surface area contributed by atoms with Crippen LogP contribution >= 0.6 is 0 Å². The second kappa shape index (κ2) is 8.42. The monoisotopic (exact) mass is 399 g/mol. The fourth-order valence-electron chi connectivity index (χ4n) is 3.47. The van der Waals surface area contributed by atoms with Crippen molar-refractivity contribution in [2.75, 3.05) is 13.1 Å². The van der Waals surface area contributed by atoms with Gasteiger partial charge in [0.15, 0.2) is 23.6 Å². The first-order chi connectivity index (χ1) is 13.9. The Morgan fingerprint density at radius 2 is 1.90 bits per heavy atom. The van der Waals surface area contributed by atoms with Gasteiger partial charge < -0.3 is 9.47 Å². The summed E-state index contributed by atoms with van der Waals surface area (Å²) in [5.41, 5.74) is 0.730. The average Bonchev–Trinajstić information content (AvgIpc) is 3.16. The molecule has 0 fully saturated rings. The molecule has 3 rings (SSSR count). The lowest BCUT2D eigenvalue weighted by molar-refractivity contribution is -0.697. The number of aryl methyl sites for hydroxylation is 3. The van der Waals surface area contributed by atoms with Gasteiger partial charge in [-0.25, -0.2) is 14.3 Å². The highest BCUT2D eigenvalue weighted by molar-refractivity contribution is 5.93. The Labute approximate surface area is 168 Å². The lowest BCUT2D eigenvalue weighted by Gasteiger charge is -2.17. The second-order valence-electron chi connectivity index (χ2n) is 6.98. The highest BCUT2D eigenvalue weighted by Gasteiger charge is 2.17. The van der Waals surface area contributed by atoms with Crippen LogP contribution in [0.3, 0.4) is 0 Å². The molecule has 0 aliphatic carbocycles. The molecule has 0 unspecified atom stereocenters. The summed E-state index contributed by atoms with van der Waals surface area (Å²) in [6.07, 6.45) is 6.12. The van der Waals surface area contributed by atoms with Gasteiger partial charge in [-0.05, 0) is 19.9 Å². The van der Waals surface area contributed by atoms with Crippen molar-refractivity contribution in [1.29, 1.82) is 0 Å². The number of rotatable bonds is 7. The van der Waals surface area contributed by atoms with Crippen molar-refractivity contribution in [3.05, 3.63) is 57.3 Å². The minimum absolute atomic E-state index is 0.0226. The molecule has 0 aliphatic rings. The summed E-state index contributed by atoms with van der Waals surface area (Å²) in [5, 5.41) is 0. The molecule has 0 saturated carbocycles. The SMILES string of the molecule is CCN(CC)C(=O)c1ccc[n+](CCCn2cnc3c2c(=O)n(C)c(=O)n3C)c1. The maximum absolute atomic E-state index is 12.5. The Balaban J connectivity index is 1.76. The summed E-state index contributed by atoms with van der Waals surface area (Å²) in [4.78, 5) is 43.1. The summed E-state index contributed by atoms with van der Waals surface area (Å²) in [5.74, 6) is 0.0226. The van der Waals surface area contributed by atoms with Gasteiger partial charge in [-0.1, -0.05) is 0 Å². The quantitative estimate of drug-likeness (QED) is 0.535. The Kier molecular flexibility index (Phi) is 5.95. The highest BCUT2D eigenvalue weighted by Crippen LogP contribution is 2.07. The van der Waals surface area contributed by atoms with Crippen molar-refractivity contribution in [3.63, 3.8) is 0 Å². The number of hydrogen-bond donors (Lipinski definition) is 0. The van der Waals surface area contributed by atoms with Crippen LogP contribution < -0.4 is 15.8 Å². The number of nitrogens with zero attached hydrogens (tertiary/aromatic N) is 6. The van der Waals surface area contributed by atoms with E-state index in [1.165, 1.54) is 11.6 Å². The Morgan fingerprint density at radius 3 is 2.59 bits per heavy atom. The normalized spacial score (nSPS) is 11.2. The first-order valence-corrected chi connectivity index (χ1v) is 9.78. The van der Waals surface area contributed by atoms with E-state index < -0.39 is 5.69 Å². The summed E-state index contributed by atoms with van der Waals surface area (Å²) < 4.78 is 6.23. The van der Waals surface area contributed by atoms with E-state index in [1.807, 2.05) is 42.9 Å². The zero-order chi connectivity index (χ0) is 21.1. The summed E-state index contributed by atoms with van der Waals surface area (Å²) >= 11 is 0. The van der Waals surface area contributed by atoms with Gasteiger partial charge in [0.05, 0.1) is 6.33 Å². The first-order valence-electron chi connectivity index (χ1n) is 9.78. The fourth-order valence-corrected chi connectivity index (χ4v) is 3.47. The zero-order valence-electron chi connectivity index (χ0n) is 17.3. The van der Waals surface area contributed by atoms with Crippen molar-refractivity contribution in [2.24, 2.45) is 14.1 Å². The van der Waals surface area contributed by atoms with Crippen molar-refractivity contribution in [2.45, 2.75) is 33.4 Å². The Hall–Kier alpha value is -3.23. The number of imidazole rings is 1. The molecule has 1 amide bonds. The molecule has 3 heterocycles. The molecule has 0 saturated heterocycles. The minimum atomic E-state index is -0.391. The van der Waals surface area contributed by atoms with Crippen molar-refractivity contribution < 1.29 is 9.36 Å². The Bertz CT molecular complexity index is 1150. The van der Waals surface area contributed by atoms with Gasteiger partial charge in [0, 0.05) is 46.2 Å². The van der Waals surface area contributed by atoms with Crippen LogP contribution in [0, 0.1) is 0 Å². The van der Waals surface area contributed by atoms with Crippen LogP contribution in [0.2, 0.25) is 0 Å². The van der Waals surface area contributed by atoms with E-state index in [0.29, 0.717) is 42.9 Å². The molecule has 9 heteroatoms. The number of aromatic nitrogens is 5. The molecule has 0 bridgehead atoms. The van der Waals surface area contributed by atoms with Crippen LogP contribution in [-0.4, -0.2) is 42.6 Å². The third-order valence-corrected chi connectivity index (χ3v) is 5.19. The van der Waals surface area contributed by atoms with E-state index in [4.69, 9.17) is 0 Å². The number of fused-ring (bicyclic) bond motifs is 1. The third kappa shape index (κ3) is 3.85. The van der Waals surface area contributed by atoms with E-state index >= 15 is 0 Å². The van der Waals surface area contributed by atoms with E-state index in [0.717, 1.165) is 11.0 Å². The Morgan fingerprint density at radius 1 is 1.17 bits per heavy atom. The van der Waals surface area contributed by atoms with Gasteiger partial charge in [-0.3, -0.25) is 18.7 Å². The standard InChI is InChI=1S/C20H27N6O3/c1-5-25(6-2)18(27)15-9-7-10-24(13-15)11-8-12-26-14-21-17-16(26)19(28)23(4)20(29)22(17)3/h7,9-10,13-14H,5-6,8,11-12H2,1-4H3/q+1. The smallest absolute Gasteiger partial charge is 0.332 e. The maximum Gasteiger partial charge on any atom is 0.332 e. The molecule has 154 valence electrons. The van der Waals surface area contributed by atoms with Gasteiger partial charge in [0.25, 0.3) is 11.5 Å². The van der Waals surface area contributed by atoms with Crippen molar-refractivity contribution >= 4 is 17.1 Å². The molecule has 0 aromatic carbocycles. The van der Waals surface area contributed by atoms with Crippen LogP contribution in [0.1, 0.15) is 30.6 Å². The molecule has 0 aliphatic heterocycles. The maximum atomic E-state index is 12.5. The number of pyridine rings is 1. The lowest BCUT2D eigenvalue weighted by atomic mass is 10.2. The number of hydrogen-bond acceptors (Lipinski definition) is 4. The predicted octanol–water partition coefficient (Wildman–Crippen LogP) is 0.294. The molecule has 0 spiro atoms. The summed E-state index contributed by atoms with van der Waals surface area (Å²) in [6, 6.07) is 3.69. The predicted molar refractivity (Wildman–Crippen MR) is 109 cm³/mol. The highest BCUT2D eigenvalue weighted by atomic mass is 16.2. The fraction of sp³-hybridized carbons (Fsp3) is 0.450. The van der Waals surface area contributed by atoms with Crippen molar-refractivity contribution in [3.8, 4) is 0 Å². The number of carbonyl (C=O) groups excluding carboxylic acids is 1.